The second-order valence-electron chi connectivity index (χ2n) is 3.66. The van der Waals surface area contributed by atoms with E-state index in [4.69, 9.17) is 16.3 Å². The lowest BCUT2D eigenvalue weighted by atomic mass is 10.5. The zero-order chi connectivity index (χ0) is 13.0. The van der Waals surface area contributed by atoms with Crippen molar-refractivity contribution in [3.63, 3.8) is 0 Å². The van der Waals surface area contributed by atoms with E-state index >= 15 is 0 Å². The lowest BCUT2D eigenvalue weighted by Crippen LogP contribution is -2.11. The summed E-state index contributed by atoms with van der Waals surface area (Å²) in [5.74, 6) is 0.376. The molecule has 2 aromatic rings. The highest BCUT2D eigenvalue weighted by atomic mass is 35.5. The number of nitrogens with zero attached hydrogens (tertiary/aromatic N) is 4. The minimum Gasteiger partial charge on any atom is -0.461 e. The second kappa shape index (κ2) is 5.92. The molecule has 0 atom stereocenters. The van der Waals surface area contributed by atoms with E-state index in [0.717, 1.165) is 5.01 Å². The number of ether oxygens (including phenoxy) is 1. The van der Waals surface area contributed by atoms with Gasteiger partial charge in [-0.3, -0.25) is 0 Å². The summed E-state index contributed by atoms with van der Waals surface area (Å²) >= 11 is 7.35. The van der Waals surface area contributed by atoms with Gasteiger partial charge in [0.2, 0.25) is 11.2 Å². The van der Waals surface area contributed by atoms with E-state index in [0.29, 0.717) is 12.5 Å². The van der Waals surface area contributed by atoms with Crippen molar-refractivity contribution in [1.82, 2.24) is 19.9 Å². The van der Waals surface area contributed by atoms with Crippen LogP contribution >= 0.6 is 22.9 Å². The number of anilines is 1. The first-order chi connectivity index (χ1) is 8.63. The molecule has 18 heavy (non-hydrogen) atoms. The fourth-order valence-corrected chi connectivity index (χ4v) is 1.88. The molecule has 8 heteroatoms. The van der Waals surface area contributed by atoms with E-state index < -0.39 is 0 Å². The van der Waals surface area contributed by atoms with Gasteiger partial charge in [0.25, 0.3) is 0 Å². The predicted molar refractivity (Wildman–Crippen MR) is 70.0 cm³/mol. The van der Waals surface area contributed by atoms with E-state index in [9.17, 15) is 0 Å². The van der Waals surface area contributed by atoms with Crippen LogP contribution in [0.4, 0.5) is 5.95 Å². The van der Waals surface area contributed by atoms with Crippen molar-refractivity contribution < 1.29 is 4.74 Å². The Morgan fingerprint density at radius 2 is 2.22 bits per heavy atom. The SMILES string of the molecule is CC(C)Oc1nc(Cl)nc(NCc2nccs2)n1. The van der Waals surface area contributed by atoms with Crippen LogP contribution in [0.2, 0.25) is 5.28 Å². The van der Waals surface area contributed by atoms with Crippen LogP contribution in [0.1, 0.15) is 18.9 Å². The number of halogens is 1. The highest BCUT2D eigenvalue weighted by molar-refractivity contribution is 7.09. The Balaban J connectivity index is 2.05. The second-order valence-corrected chi connectivity index (χ2v) is 4.97. The third kappa shape index (κ3) is 3.78. The number of aromatic nitrogens is 4. The molecule has 0 aliphatic rings. The highest BCUT2D eigenvalue weighted by Crippen LogP contribution is 2.14. The molecule has 0 aromatic carbocycles. The largest absolute Gasteiger partial charge is 0.461 e. The molecule has 0 saturated carbocycles. The molecule has 0 bridgehead atoms. The van der Waals surface area contributed by atoms with Crippen molar-refractivity contribution in [3.05, 3.63) is 21.9 Å². The normalized spacial score (nSPS) is 10.7. The molecule has 2 aromatic heterocycles. The van der Waals surface area contributed by atoms with E-state index in [1.807, 2.05) is 19.2 Å². The van der Waals surface area contributed by atoms with Gasteiger partial charge in [-0.05, 0) is 25.4 Å². The minimum absolute atomic E-state index is 0.0183. The topological polar surface area (TPSA) is 72.8 Å². The van der Waals surface area contributed by atoms with Crippen molar-refractivity contribution in [2.45, 2.75) is 26.5 Å². The van der Waals surface area contributed by atoms with Crippen LogP contribution in [-0.2, 0) is 6.54 Å². The average molecular weight is 286 g/mol. The molecule has 0 unspecified atom stereocenters. The molecule has 0 radical (unpaired) electrons. The molecule has 2 rings (SSSR count). The first-order valence-corrected chi connectivity index (χ1v) is 6.59. The van der Waals surface area contributed by atoms with Crippen LogP contribution < -0.4 is 10.1 Å². The Labute approximate surface area is 113 Å². The zero-order valence-corrected chi connectivity index (χ0v) is 11.5. The number of nitrogens with one attached hydrogen (secondary N) is 1. The van der Waals surface area contributed by atoms with Crippen LogP contribution in [0.25, 0.3) is 0 Å². The van der Waals surface area contributed by atoms with Crippen LogP contribution in [-0.4, -0.2) is 26.0 Å². The Kier molecular flexibility index (Phi) is 4.27. The van der Waals surface area contributed by atoms with Gasteiger partial charge in [-0.25, -0.2) is 4.98 Å². The molecule has 96 valence electrons. The van der Waals surface area contributed by atoms with Gasteiger partial charge in [-0.15, -0.1) is 11.3 Å². The van der Waals surface area contributed by atoms with E-state index in [2.05, 4.69) is 25.3 Å². The number of rotatable bonds is 5. The Morgan fingerprint density at radius 3 is 2.89 bits per heavy atom. The Hall–Kier alpha value is -1.47. The monoisotopic (exact) mass is 285 g/mol. The first-order valence-electron chi connectivity index (χ1n) is 5.34. The molecule has 0 fully saturated rings. The summed E-state index contributed by atoms with van der Waals surface area (Å²) in [5.41, 5.74) is 0. The van der Waals surface area contributed by atoms with Gasteiger partial charge < -0.3 is 10.1 Å². The number of hydrogen-bond donors (Lipinski definition) is 1. The van der Waals surface area contributed by atoms with Gasteiger partial charge in [-0.2, -0.15) is 15.0 Å². The van der Waals surface area contributed by atoms with E-state index in [1.54, 1.807) is 17.5 Å². The van der Waals surface area contributed by atoms with Crippen LogP contribution in [0.3, 0.4) is 0 Å². The van der Waals surface area contributed by atoms with Crippen LogP contribution in [0.5, 0.6) is 6.01 Å². The fourth-order valence-electron chi connectivity index (χ4n) is 1.17. The molecule has 0 amide bonds. The fraction of sp³-hybridized carbons (Fsp3) is 0.400. The maximum Gasteiger partial charge on any atom is 0.322 e. The quantitative estimate of drug-likeness (QED) is 0.909. The number of thiazole rings is 1. The van der Waals surface area contributed by atoms with Gasteiger partial charge in [0, 0.05) is 11.6 Å². The predicted octanol–water partition coefficient (Wildman–Crippen LogP) is 2.38. The molecular weight excluding hydrogens is 274 g/mol. The molecule has 6 nitrogen and oxygen atoms in total. The summed E-state index contributed by atoms with van der Waals surface area (Å²) in [6, 6.07) is 0.214. The van der Waals surface area contributed by atoms with E-state index in [1.165, 1.54) is 0 Å². The lowest BCUT2D eigenvalue weighted by molar-refractivity contribution is 0.222. The summed E-state index contributed by atoms with van der Waals surface area (Å²) < 4.78 is 5.37. The zero-order valence-electron chi connectivity index (χ0n) is 9.92. The van der Waals surface area contributed by atoms with Crippen LogP contribution in [0.15, 0.2) is 11.6 Å². The Morgan fingerprint density at radius 1 is 1.39 bits per heavy atom. The standard InChI is InChI=1S/C10H12ClN5OS/c1-6(2)17-10-15-8(11)14-9(16-10)13-5-7-12-3-4-18-7/h3-4,6H,5H2,1-2H3,(H,13,14,15,16). The first kappa shape index (κ1) is 13.0. The van der Waals surface area contributed by atoms with Gasteiger partial charge >= 0.3 is 6.01 Å². The van der Waals surface area contributed by atoms with Gasteiger partial charge in [0.15, 0.2) is 0 Å². The minimum atomic E-state index is -0.0183. The van der Waals surface area contributed by atoms with Crippen molar-refractivity contribution in [1.29, 1.82) is 0 Å². The Bertz CT molecular complexity index is 505. The lowest BCUT2D eigenvalue weighted by Gasteiger charge is -2.09. The summed E-state index contributed by atoms with van der Waals surface area (Å²) in [4.78, 5) is 16.1. The summed E-state index contributed by atoms with van der Waals surface area (Å²) in [6.07, 6.45) is 1.73. The molecular formula is C10H12ClN5OS. The van der Waals surface area contributed by atoms with Crippen molar-refractivity contribution in [2.24, 2.45) is 0 Å². The third-order valence-corrected chi connectivity index (χ3v) is 2.76. The average Bonchev–Trinajstić information content (AvgIpc) is 2.77. The summed E-state index contributed by atoms with van der Waals surface area (Å²) in [6.45, 7) is 4.32. The van der Waals surface area contributed by atoms with Gasteiger partial charge in [-0.1, -0.05) is 0 Å². The molecule has 0 aliphatic heterocycles. The molecule has 1 N–H and O–H groups in total. The van der Waals surface area contributed by atoms with Crippen molar-refractivity contribution >= 4 is 28.9 Å². The summed E-state index contributed by atoms with van der Waals surface area (Å²) in [7, 11) is 0. The maximum absolute atomic E-state index is 5.80. The van der Waals surface area contributed by atoms with Crippen molar-refractivity contribution in [3.8, 4) is 6.01 Å². The molecule has 0 saturated heterocycles. The smallest absolute Gasteiger partial charge is 0.322 e. The van der Waals surface area contributed by atoms with Crippen LogP contribution in [0, 0.1) is 0 Å². The maximum atomic E-state index is 5.80. The van der Waals surface area contributed by atoms with E-state index in [-0.39, 0.29) is 17.4 Å². The summed E-state index contributed by atoms with van der Waals surface area (Å²) in [5, 5.41) is 5.97. The van der Waals surface area contributed by atoms with Crippen molar-refractivity contribution in [2.75, 3.05) is 5.32 Å². The molecule has 0 aliphatic carbocycles. The number of hydrogen-bond acceptors (Lipinski definition) is 7. The third-order valence-electron chi connectivity index (χ3n) is 1.81. The van der Waals surface area contributed by atoms with Gasteiger partial charge in [0.05, 0.1) is 12.6 Å². The molecule has 2 heterocycles. The van der Waals surface area contributed by atoms with Gasteiger partial charge in [0.1, 0.15) is 5.01 Å². The highest BCUT2D eigenvalue weighted by Gasteiger charge is 2.07. The molecule has 0 spiro atoms.